The lowest BCUT2D eigenvalue weighted by molar-refractivity contribution is 0.164. The molecule has 3 heterocycles. The Morgan fingerprint density at radius 3 is 2.38 bits per heavy atom. The zero-order valence-corrected chi connectivity index (χ0v) is 15.5. The van der Waals surface area contributed by atoms with Gasteiger partial charge in [0.25, 0.3) is 0 Å². The molecule has 26 heavy (non-hydrogen) atoms. The molecule has 0 bridgehead atoms. The average molecular weight is 352 g/mol. The first kappa shape index (κ1) is 16.9. The Labute approximate surface area is 153 Å². The van der Waals surface area contributed by atoms with Crippen LogP contribution in [0, 0.1) is 6.92 Å². The quantitative estimate of drug-likeness (QED) is 0.715. The summed E-state index contributed by atoms with van der Waals surface area (Å²) in [4.78, 5) is 18.7. The van der Waals surface area contributed by atoms with Crippen LogP contribution in [0.4, 0.5) is 5.82 Å². The molecule has 1 fully saturated rings. The van der Waals surface area contributed by atoms with Crippen molar-refractivity contribution in [1.29, 1.82) is 0 Å². The van der Waals surface area contributed by atoms with Gasteiger partial charge in [0.15, 0.2) is 11.6 Å². The summed E-state index contributed by atoms with van der Waals surface area (Å²) in [7, 11) is 0. The first-order chi connectivity index (χ1) is 12.7. The van der Waals surface area contributed by atoms with E-state index in [1.807, 2.05) is 38.1 Å². The highest BCUT2D eigenvalue weighted by Gasteiger charge is 2.27. The minimum atomic E-state index is 0.133. The Morgan fingerprint density at radius 2 is 1.73 bits per heavy atom. The van der Waals surface area contributed by atoms with Gasteiger partial charge in [-0.05, 0) is 26.0 Å². The SMILES string of the molecule is CCc1noc(C(C)N2CCN(c3nc4ccccc4nc3C)CC2)n1. The van der Waals surface area contributed by atoms with Crippen molar-refractivity contribution in [3.8, 4) is 0 Å². The third-order valence-electron chi connectivity index (χ3n) is 5.04. The Hall–Kier alpha value is -2.54. The summed E-state index contributed by atoms with van der Waals surface area (Å²) in [6, 6.07) is 8.16. The van der Waals surface area contributed by atoms with Crippen LogP contribution in [0.2, 0.25) is 0 Å². The molecule has 1 aliphatic rings. The molecule has 1 atom stereocenters. The van der Waals surface area contributed by atoms with Crippen LogP contribution in [0.5, 0.6) is 0 Å². The summed E-state index contributed by atoms with van der Waals surface area (Å²) in [6.45, 7) is 9.88. The highest BCUT2D eigenvalue weighted by Crippen LogP contribution is 2.24. The van der Waals surface area contributed by atoms with E-state index in [9.17, 15) is 0 Å². The summed E-state index contributed by atoms with van der Waals surface area (Å²) in [5.74, 6) is 2.46. The third-order valence-corrected chi connectivity index (χ3v) is 5.04. The molecule has 4 rings (SSSR count). The first-order valence-electron chi connectivity index (χ1n) is 9.20. The molecule has 0 aliphatic carbocycles. The molecule has 1 saturated heterocycles. The number of para-hydroxylation sites is 2. The van der Waals surface area contributed by atoms with E-state index in [1.165, 1.54) is 0 Å². The van der Waals surface area contributed by atoms with E-state index in [4.69, 9.17) is 14.5 Å². The maximum atomic E-state index is 5.41. The van der Waals surface area contributed by atoms with Crippen molar-refractivity contribution in [2.24, 2.45) is 0 Å². The Balaban J connectivity index is 1.47. The number of fused-ring (bicyclic) bond motifs is 1. The topological polar surface area (TPSA) is 71.2 Å². The van der Waals surface area contributed by atoms with Gasteiger partial charge in [0.05, 0.1) is 22.8 Å². The second-order valence-electron chi connectivity index (χ2n) is 6.72. The van der Waals surface area contributed by atoms with E-state index in [0.717, 1.165) is 61.0 Å². The van der Waals surface area contributed by atoms with E-state index in [2.05, 4.69) is 26.9 Å². The van der Waals surface area contributed by atoms with Crippen molar-refractivity contribution in [3.63, 3.8) is 0 Å². The van der Waals surface area contributed by atoms with Gasteiger partial charge >= 0.3 is 0 Å². The van der Waals surface area contributed by atoms with Gasteiger partial charge in [-0.3, -0.25) is 4.90 Å². The van der Waals surface area contributed by atoms with Gasteiger partial charge < -0.3 is 9.42 Å². The molecule has 136 valence electrons. The van der Waals surface area contributed by atoms with Crippen molar-refractivity contribution in [2.45, 2.75) is 33.2 Å². The van der Waals surface area contributed by atoms with Gasteiger partial charge in [0.1, 0.15) is 0 Å². The number of hydrogen-bond donors (Lipinski definition) is 0. The molecule has 7 heteroatoms. The van der Waals surface area contributed by atoms with Crippen molar-refractivity contribution >= 4 is 16.9 Å². The predicted octanol–water partition coefficient (Wildman–Crippen LogP) is 2.77. The summed E-state index contributed by atoms with van der Waals surface area (Å²) in [5, 5.41) is 4.01. The number of rotatable bonds is 4. The summed E-state index contributed by atoms with van der Waals surface area (Å²) in [6.07, 6.45) is 0.796. The zero-order valence-electron chi connectivity index (χ0n) is 15.5. The van der Waals surface area contributed by atoms with Crippen LogP contribution in [0.3, 0.4) is 0 Å². The number of aromatic nitrogens is 4. The lowest BCUT2D eigenvalue weighted by Crippen LogP contribution is -2.47. The Kier molecular flexibility index (Phi) is 4.55. The number of aryl methyl sites for hydroxylation is 2. The van der Waals surface area contributed by atoms with Crippen molar-refractivity contribution in [1.82, 2.24) is 25.0 Å². The van der Waals surface area contributed by atoms with Gasteiger partial charge in [-0.25, -0.2) is 9.97 Å². The maximum absolute atomic E-state index is 5.41. The predicted molar refractivity (Wildman–Crippen MR) is 100 cm³/mol. The number of anilines is 1. The second kappa shape index (κ2) is 6.99. The average Bonchev–Trinajstić information content (AvgIpc) is 3.16. The van der Waals surface area contributed by atoms with Crippen LogP contribution in [0.15, 0.2) is 28.8 Å². The molecule has 7 nitrogen and oxygen atoms in total. The zero-order chi connectivity index (χ0) is 18.1. The molecule has 3 aromatic rings. The lowest BCUT2D eigenvalue weighted by atomic mass is 10.2. The standard InChI is InChI=1S/C19H24N6O/c1-4-17-22-19(26-23-17)14(3)24-9-11-25(12-10-24)18-13(2)20-15-7-5-6-8-16(15)21-18/h5-8,14H,4,9-12H2,1-3H3. The third kappa shape index (κ3) is 3.14. The number of nitrogens with zero attached hydrogens (tertiary/aromatic N) is 6. The normalized spacial score (nSPS) is 17.0. The smallest absolute Gasteiger partial charge is 0.243 e. The molecule has 0 N–H and O–H groups in total. The number of piperazine rings is 1. The second-order valence-corrected chi connectivity index (χ2v) is 6.72. The minimum absolute atomic E-state index is 0.133. The van der Waals surface area contributed by atoms with Gasteiger partial charge in [0, 0.05) is 32.6 Å². The van der Waals surface area contributed by atoms with Crippen molar-refractivity contribution in [2.75, 3.05) is 31.1 Å². The Bertz CT molecular complexity index is 900. The van der Waals surface area contributed by atoms with Crippen LogP contribution < -0.4 is 4.90 Å². The summed E-state index contributed by atoms with van der Waals surface area (Å²) < 4.78 is 5.41. The van der Waals surface area contributed by atoms with Crippen LogP contribution in [-0.2, 0) is 6.42 Å². The van der Waals surface area contributed by atoms with Crippen LogP contribution in [0.1, 0.15) is 37.3 Å². The molecule has 0 radical (unpaired) electrons. The minimum Gasteiger partial charge on any atom is -0.353 e. The van der Waals surface area contributed by atoms with Gasteiger partial charge in [-0.1, -0.05) is 24.2 Å². The monoisotopic (exact) mass is 352 g/mol. The molecule has 1 aliphatic heterocycles. The molecule has 0 spiro atoms. The Morgan fingerprint density at radius 1 is 1.04 bits per heavy atom. The fraction of sp³-hybridized carbons (Fsp3) is 0.474. The molecular weight excluding hydrogens is 328 g/mol. The molecule has 1 aromatic carbocycles. The fourth-order valence-electron chi connectivity index (χ4n) is 3.44. The van der Waals surface area contributed by atoms with Crippen LogP contribution in [0.25, 0.3) is 11.0 Å². The molecule has 2 aromatic heterocycles. The first-order valence-corrected chi connectivity index (χ1v) is 9.20. The molecular formula is C19H24N6O. The number of benzene rings is 1. The van der Waals surface area contributed by atoms with Crippen LogP contribution in [-0.4, -0.2) is 51.2 Å². The fourth-order valence-corrected chi connectivity index (χ4v) is 3.44. The van der Waals surface area contributed by atoms with Crippen LogP contribution >= 0.6 is 0 Å². The summed E-state index contributed by atoms with van der Waals surface area (Å²) in [5.41, 5.74) is 2.88. The van der Waals surface area contributed by atoms with Gasteiger partial charge in [-0.15, -0.1) is 0 Å². The summed E-state index contributed by atoms with van der Waals surface area (Å²) >= 11 is 0. The maximum Gasteiger partial charge on any atom is 0.243 e. The van der Waals surface area contributed by atoms with E-state index in [-0.39, 0.29) is 6.04 Å². The molecule has 0 amide bonds. The van der Waals surface area contributed by atoms with E-state index >= 15 is 0 Å². The highest BCUT2D eigenvalue weighted by molar-refractivity contribution is 5.76. The van der Waals surface area contributed by atoms with Crippen molar-refractivity contribution < 1.29 is 4.52 Å². The highest BCUT2D eigenvalue weighted by atomic mass is 16.5. The van der Waals surface area contributed by atoms with E-state index < -0.39 is 0 Å². The van der Waals surface area contributed by atoms with E-state index in [1.54, 1.807) is 0 Å². The van der Waals surface area contributed by atoms with Gasteiger partial charge in [0.2, 0.25) is 5.89 Å². The molecule has 1 unspecified atom stereocenters. The number of hydrogen-bond acceptors (Lipinski definition) is 7. The lowest BCUT2D eigenvalue weighted by Gasteiger charge is -2.37. The van der Waals surface area contributed by atoms with Gasteiger partial charge in [-0.2, -0.15) is 4.98 Å². The van der Waals surface area contributed by atoms with E-state index in [0.29, 0.717) is 5.89 Å². The van der Waals surface area contributed by atoms with Crippen molar-refractivity contribution in [3.05, 3.63) is 41.7 Å². The molecule has 0 saturated carbocycles. The largest absolute Gasteiger partial charge is 0.353 e.